The molecule has 0 aliphatic heterocycles. The van der Waals surface area contributed by atoms with Crippen molar-refractivity contribution in [3.05, 3.63) is 42.0 Å². The molecule has 0 fully saturated rings. The summed E-state index contributed by atoms with van der Waals surface area (Å²) < 4.78 is 11.5. The fourth-order valence-corrected chi connectivity index (χ4v) is 3.87. The van der Waals surface area contributed by atoms with Crippen LogP contribution in [0.25, 0.3) is 10.2 Å². The number of carbonyl (C=O) groups is 1. The lowest BCUT2D eigenvalue weighted by Crippen LogP contribution is -2.29. The molecule has 0 radical (unpaired) electrons. The van der Waals surface area contributed by atoms with Crippen LogP contribution in [0.5, 0.6) is 11.5 Å². The third-order valence-corrected chi connectivity index (χ3v) is 5.33. The third kappa shape index (κ3) is 3.49. The lowest BCUT2D eigenvalue weighted by molar-refractivity contribution is 0.0960. The maximum absolute atomic E-state index is 12.4. The number of methoxy groups -OCH3 is 2. The molecule has 0 aliphatic rings. The van der Waals surface area contributed by atoms with Gasteiger partial charge in [0.15, 0.2) is 0 Å². The summed E-state index contributed by atoms with van der Waals surface area (Å²) in [6.07, 6.45) is 1.94. The predicted molar refractivity (Wildman–Crippen MR) is 102 cm³/mol. The van der Waals surface area contributed by atoms with Crippen LogP contribution in [-0.4, -0.2) is 31.4 Å². The first-order valence-electron chi connectivity index (χ1n) is 7.38. The van der Waals surface area contributed by atoms with Gasteiger partial charge in [-0.3, -0.25) is 15.6 Å². The van der Waals surface area contributed by atoms with Crippen molar-refractivity contribution >= 4 is 44.4 Å². The van der Waals surface area contributed by atoms with Gasteiger partial charge in [-0.15, -0.1) is 11.8 Å². The van der Waals surface area contributed by atoms with Crippen molar-refractivity contribution in [2.24, 2.45) is 0 Å². The SMILES string of the molecule is COc1ccc(OC)c2sc(NNC(=O)c3ccccc3SC)nc12. The van der Waals surface area contributed by atoms with E-state index in [0.717, 1.165) is 9.60 Å². The van der Waals surface area contributed by atoms with E-state index in [4.69, 9.17) is 9.47 Å². The van der Waals surface area contributed by atoms with Crippen LogP contribution in [0.1, 0.15) is 10.4 Å². The highest BCUT2D eigenvalue weighted by atomic mass is 32.2. The number of amides is 1. The maximum Gasteiger partial charge on any atom is 0.270 e. The summed E-state index contributed by atoms with van der Waals surface area (Å²) in [5.74, 6) is 1.14. The van der Waals surface area contributed by atoms with Crippen LogP contribution >= 0.6 is 23.1 Å². The molecule has 8 heteroatoms. The van der Waals surface area contributed by atoms with Crippen molar-refractivity contribution < 1.29 is 14.3 Å². The first kappa shape index (κ1) is 17.4. The highest BCUT2D eigenvalue weighted by Crippen LogP contribution is 2.38. The van der Waals surface area contributed by atoms with Crippen molar-refractivity contribution in [2.75, 3.05) is 25.9 Å². The summed E-state index contributed by atoms with van der Waals surface area (Å²) in [7, 11) is 3.20. The molecule has 0 aliphatic carbocycles. The van der Waals surface area contributed by atoms with Gasteiger partial charge in [0.05, 0.1) is 19.8 Å². The number of aromatic nitrogens is 1. The number of fused-ring (bicyclic) bond motifs is 1. The molecule has 0 saturated carbocycles. The molecule has 2 aromatic carbocycles. The van der Waals surface area contributed by atoms with Crippen molar-refractivity contribution in [2.45, 2.75) is 4.90 Å². The van der Waals surface area contributed by atoms with Gasteiger partial charge in [0, 0.05) is 4.90 Å². The van der Waals surface area contributed by atoms with Gasteiger partial charge in [-0.1, -0.05) is 23.5 Å². The number of hydrogen-bond donors (Lipinski definition) is 2. The number of thiazole rings is 1. The molecule has 3 rings (SSSR count). The van der Waals surface area contributed by atoms with Crippen LogP contribution in [-0.2, 0) is 0 Å². The number of nitrogens with one attached hydrogen (secondary N) is 2. The number of ether oxygens (including phenoxy) is 2. The predicted octanol–water partition coefficient (Wildman–Crippen LogP) is 3.79. The molecule has 0 spiro atoms. The average Bonchev–Trinajstić information content (AvgIpc) is 3.09. The summed E-state index contributed by atoms with van der Waals surface area (Å²) in [5.41, 5.74) is 6.86. The zero-order valence-electron chi connectivity index (χ0n) is 14.0. The molecule has 1 heterocycles. The van der Waals surface area contributed by atoms with Crippen molar-refractivity contribution in [3.8, 4) is 11.5 Å². The highest BCUT2D eigenvalue weighted by Gasteiger charge is 2.15. The van der Waals surface area contributed by atoms with Crippen molar-refractivity contribution in [1.82, 2.24) is 10.4 Å². The van der Waals surface area contributed by atoms with E-state index in [1.54, 1.807) is 26.4 Å². The second kappa shape index (κ2) is 7.62. The number of nitrogens with zero attached hydrogens (tertiary/aromatic N) is 1. The number of hydrogen-bond acceptors (Lipinski definition) is 7. The van der Waals surface area contributed by atoms with E-state index in [-0.39, 0.29) is 5.91 Å². The van der Waals surface area contributed by atoms with Gasteiger partial charge >= 0.3 is 0 Å². The van der Waals surface area contributed by atoms with Gasteiger partial charge in [0.25, 0.3) is 5.91 Å². The van der Waals surface area contributed by atoms with Gasteiger partial charge in [-0.25, -0.2) is 4.98 Å². The molecule has 1 amide bonds. The second-order valence-electron chi connectivity index (χ2n) is 4.95. The number of thioether (sulfide) groups is 1. The third-order valence-electron chi connectivity index (χ3n) is 3.54. The Balaban J connectivity index is 1.83. The van der Waals surface area contributed by atoms with Crippen LogP contribution in [0, 0.1) is 0 Å². The van der Waals surface area contributed by atoms with Gasteiger partial charge in [0.1, 0.15) is 21.7 Å². The minimum atomic E-state index is -0.219. The second-order valence-corrected chi connectivity index (χ2v) is 6.79. The molecule has 130 valence electrons. The van der Waals surface area contributed by atoms with Crippen LogP contribution in [0.3, 0.4) is 0 Å². The first-order chi connectivity index (χ1) is 12.2. The Kier molecular flexibility index (Phi) is 5.30. The molecule has 25 heavy (non-hydrogen) atoms. The van der Waals surface area contributed by atoms with Crippen molar-refractivity contribution in [3.63, 3.8) is 0 Å². The van der Waals surface area contributed by atoms with Crippen LogP contribution < -0.4 is 20.3 Å². The van der Waals surface area contributed by atoms with E-state index in [1.807, 2.05) is 30.5 Å². The highest BCUT2D eigenvalue weighted by molar-refractivity contribution is 7.98. The number of anilines is 1. The lowest BCUT2D eigenvalue weighted by atomic mass is 10.2. The largest absolute Gasteiger partial charge is 0.495 e. The van der Waals surface area contributed by atoms with Crippen molar-refractivity contribution in [1.29, 1.82) is 0 Å². The Morgan fingerprint density at radius 3 is 2.56 bits per heavy atom. The van der Waals surface area contributed by atoms with Gasteiger partial charge in [-0.2, -0.15) is 0 Å². The quantitative estimate of drug-likeness (QED) is 0.504. The van der Waals surface area contributed by atoms with E-state index in [9.17, 15) is 4.79 Å². The number of carbonyl (C=O) groups excluding carboxylic acids is 1. The summed E-state index contributed by atoms with van der Waals surface area (Å²) in [4.78, 5) is 17.8. The fourth-order valence-electron chi connectivity index (χ4n) is 2.35. The summed E-state index contributed by atoms with van der Waals surface area (Å²) >= 11 is 2.90. The van der Waals surface area contributed by atoms with E-state index in [1.165, 1.54) is 23.1 Å². The first-order valence-corrected chi connectivity index (χ1v) is 9.43. The molecule has 2 N–H and O–H groups in total. The van der Waals surface area contributed by atoms with Gasteiger partial charge < -0.3 is 9.47 Å². The van der Waals surface area contributed by atoms with E-state index in [0.29, 0.717) is 27.7 Å². The Morgan fingerprint density at radius 1 is 1.12 bits per heavy atom. The normalized spacial score (nSPS) is 10.5. The summed E-state index contributed by atoms with van der Waals surface area (Å²) in [6.45, 7) is 0. The summed E-state index contributed by atoms with van der Waals surface area (Å²) in [6, 6.07) is 11.1. The van der Waals surface area contributed by atoms with E-state index in [2.05, 4.69) is 15.8 Å². The minimum Gasteiger partial charge on any atom is -0.495 e. The minimum absolute atomic E-state index is 0.219. The molecule has 0 unspecified atom stereocenters. The van der Waals surface area contributed by atoms with Crippen LogP contribution in [0.2, 0.25) is 0 Å². The molecule has 6 nitrogen and oxygen atoms in total. The topological polar surface area (TPSA) is 72.5 Å². The van der Waals surface area contributed by atoms with Crippen LogP contribution in [0.4, 0.5) is 5.13 Å². The maximum atomic E-state index is 12.4. The Morgan fingerprint density at radius 2 is 1.84 bits per heavy atom. The smallest absolute Gasteiger partial charge is 0.270 e. The Hall–Kier alpha value is -2.45. The monoisotopic (exact) mass is 375 g/mol. The molecule has 0 atom stereocenters. The van der Waals surface area contributed by atoms with Crippen LogP contribution in [0.15, 0.2) is 41.3 Å². The number of hydrazine groups is 1. The number of rotatable bonds is 6. The lowest BCUT2D eigenvalue weighted by Gasteiger charge is -2.08. The fraction of sp³-hybridized carbons (Fsp3) is 0.176. The Bertz CT molecular complexity index is 870. The van der Waals surface area contributed by atoms with Gasteiger partial charge in [-0.05, 0) is 30.5 Å². The zero-order valence-corrected chi connectivity index (χ0v) is 15.6. The molecular weight excluding hydrogens is 358 g/mol. The Labute approximate surface area is 153 Å². The van der Waals surface area contributed by atoms with Gasteiger partial charge in [0.2, 0.25) is 5.13 Å². The number of benzene rings is 2. The molecule has 3 aromatic rings. The standard InChI is InChI=1S/C17H17N3O3S2/c1-22-11-8-9-12(23-2)15-14(11)18-17(25-15)20-19-16(21)10-6-4-5-7-13(10)24-3/h4-9H,1-3H3,(H,18,20)(H,19,21). The molecule has 0 bridgehead atoms. The molecule has 1 aromatic heterocycles. The molecule has 0 saturated heterocycles. The van der Waals surface area contributed by atoms with E-state index >= 15 is 0 Å². The molecular formula is C17H17N3O3S2. The zero-order chi connectivity index (χ0) is 17.8. The van der Waals surface area contributed by atoms with E-state index < -0.39 is 0 Å². The summed E-state index contributed by atoms with van der Waals surface area (Å²) in [5, 5.41) is 0.549. The average molecular weight is 375 g/mol.